The summed E-state index contributed by atoms with van der Waals surface area (Å²) < 4.78 is 81.2. The van der Waals surface area contributed by atoms with Crippen molar-refractivity contribution in [2.45, 2.75) is 99.4 Å². The van der Waals surface area contributed by atoms with Gasteiger partial charge in [-0.05, 0) is 50.3 Å². The van der Waals surface area contributed by atoms with E-state index < -0.39 is 79.9 Å². The maximum atomic E-state index is 13.3. The number of allylic oxidation sites excluding steroid dienone is 4. The van der Waals surface area contributed by atoms with Gasteiger partial charge in [0.1, 0.15) is 42.0 Å². The molecule has 0 unspecified atom stereocenters. The van der Waals surface area contributed by atoms with Crippen molar-refractivity contribution in [1.82, 2.24) is 5.16 Å². The highest BCUT2D eigenvalue weighted by atomic mass is 32.2. The molecule has 20 heteroatoms. The van der Waals surface area contributed by atoms with E-state index in [1.165, 1.54) is 44.4 Å². The first-order chi connectivity index (χ1) is 29.0. The molecule has 0 radical (unpaired) electrons. The van der Waals surface area contributed by atoms with Crippen LogP contribution >= 0.6 is 0 Å². The molecule has 2 aliphatic rings. The molecule has 330 valence electrons. The predicted octanol–water partition coefficient (Wildman–Crippen LogP) is 3.52. The summed E-state index contributed by atoms with van der Waals surface area (Å²) in [7, 11) is -2.83. The van der Waals surface area contributed by atoms with Gasteiger partial charge < -0.3 is 47.5 Å². The quantitative estimate of drug-likeness (QED) is 0.0518. The van der Waals surface area contributed by atoms with Crippen molar-refractivity contribution in [3.63, 3.8) is 0 Å². The van der Waals surface area contributed by atoms with Crippen LogP contribution in [0.25, 0.3) is 6.08 Å². The van der Waals surface area contributed by atoms with E-state index in [0.717, 1.165) is 0 Å². The molecule has 61 heavy (non-hydrogen) atoms. The molecular formula is C41H48N2O17S. The Hall–Kier alpha value is -5.83. The fraction of sp³-hybridized carbons (Fsp3) is 0.463. The minimum Gasteiger partial charge on any atom is -0.496 e. The van der Waals surface area contributed by atoms with Crippen molar-refractivity contribution in [2.75, 3.05) is 33.5 Å². The number of benzene rings is 1. The van der Waals surface area contributed by atoms with Crippen molar-refractivity contribution in [3.8, 4) is 11.6 Å². The highest BCUT2D eigenvalue weighted by Crippen LogP contribution is 2.52. The zero-order valence-corrected chi connectivity index (χ0v) is 35.2. The number of aromatic nitrogens is 2. The van der Waals surface area contributed by atoms with Crippen LogP contribution in [-0.2, 0) is 52.6 Å². The Bertz CT molecular complexity index is 2290. The molecule has 6 atom stereocenters. The third-order valence-corrected chi connectivity index (χ3v) is 11.6. The van der Waals surface area contributed by atoms with Gasteiger partial charge in [-0.15, -0.1) is 0 Å². The lowest BCUT2D eigenvalue weighted by Crippen LogP contribution is -2.66. The normalized spacial score (nSPS) is 23.7. The zero-order chi connectivity index (χ0) is 44.4. The predicted molar refractivity (Wildman–Crippen MR) is 210 cm³/mol. The minimum absolute atomic E-state index is 0.0750. The number of fused-ring (bicyclic) bond motifs is 2. The first kappa shape index (κ1) is 46.2. The summed E-state index contributed by atoms with van der Waals surface area (Å²) in [6.45, 7) is 7.81. The van der Waals surface area contributed by atoms with Gasteiger partial charge in [0.25, 0.3) is 9.84 Å². The first-order valence-electron chi connectivity index (χ1n) is 19.2. The monoisotopic (exact) mass is 872 g/mol. The van der Waals surface area contributed by atoms with Gasteiger partial charge in [0, 0.05) is 12.5 Å². The van der Waals surface area contributed by atoms with E-state index in [0.29, 0.717) is 23.5 Å². The third-order valence-electron chi connectivity index (χ3n) is 9.89. The molecular weight excluding hydrogens is 825 g/mol. The van der Waals surface area contributed by atoms with Crippen molar-refractivity contribution < 1.29 is 74.6 Å². The third kappa shape index (κ3) is 10.7. The number of carbonyl (C=O) groups is 3. The van der Waals surface area contributed by atoms with Crippen LogP contribution in [0, 0.1) is 12.1 Å². The summed E-state index contributed by atoms with van der Waals surface area (Å²) in [4.78, 5) is 49.5. The summed E-state index contributed by atoms with van der Waals surface area (Å²) in [5.41, 5.74) is -2.34. The minimum atomic E-state index is -4.29. The first-order valence-corrected chi connectivity index (χ1v) is 20.7. The Balaban J connectivity index is 1.13. The van der Waals surface area contributed by atoms with Gasteiger partial charge in [0.2, 0.25) is 0 Å². The molecule has 3 aromatic rings. The van der Waals surface area contributed by atoms with Crippen molar-refractivity contribution in [3.05, 3.63) is 93.7 Å². The summed E-state index contributed by atoms with van der Waals surface area (Å²) in [5.74, 6) is -1.86. The molecule has 0 amide bonds. The second-order valence-electron chi connectivity index (χ2n) is 14.2. The molecule has 0 saturated carbocycles. The number of methoxy groups -OCH3 is 1. The Labute approximate surface area is 351 Å². The summed E-state index contributed by atoms with van der Waals surface area (Å²) in [6.07, 6.45) is 6.37. The van der Waals surface area contributed by atoms with Gasteiger partial charge in [-0.25, -0.2) is 13.2 Å². The molecule has 2 bridgehead atoms. The Morgan fingerprint density at radius 1 is 0.951 bits per heavy atom. The van der Waals surface area contributed by atoms with Crippen LogP contribution < -0.4 is 20.0 Å². The summed E-state index contributed by atoms with van der Waals surface area (Å²) >= 11 is 0. The second kappa shape index (κ2) is 20.2. The molecule has 2 saturated heterocycles. The summed E-state index contributed by atoms with van der Waals surface area (Å²) in [6, 6.07) is 8.47. The average molecular weight is 873 g/mol. The van der Waals surface area contributed by atoms with Crippen molar-refractivity contribution in [2.24, 2.45) is 0 Å². The lowest BCUT2D eigenvalue weighted by Gasteiger charge is -2.48. The van der Waals surface area contributed by atoms with Gasteiger partial charge in [0.05, 0.1) is 55.4 Å². The lowest BCUT2D eigenvalue weighted by atomic mass is 9.77. The fourth-order valence-corrected chi connectivity index (χ4v) is 8.36. The van der Waals surface area contributed by atoms with Crippen LogP contribution in [-0.4, -0.2) is 101 Å². The molecule has 0 N–H and O–H groups in total. The maximum absolute atomic E-state index is 13.3. The molecule has 4 heterocycles. The van der Waals surface area contributed by atoms with E-state index in [1.807, 2.05) is 6.92 Å². The van der Waals surface area contributed by atoms with E-state index in [2.05, 4.69) is 9.79 Å². The fourth-order valence-electron chi connectivity index (χ4n) is 7.07. The molecule has 5 rings (SSSR count). The van der Waals surface area contributed by atoms with Gasteiger partial charge in [-0.3, -0.25) is 19.0 Å². The zero-order valence-electron chi connectivity index (χ0n) is 34.4. The number of rotatable bonds is 20. The number of sulfone groups is 1. The average Bonchev–Trinajstić information content (AvgIpc) is 3.67. The van der Waals surface area contributed by atoms with Crippen LogP contribution in [0.15, 0.2) is 90.5 Å². The number of hydrogen-bond donors (Lipinski definition) is 0. The molecule has 2 fully saturated rings. The highest BCUT2D eigenvalue weighted by molar-refractivity contribution is 7.91. The van der Waals surface area contributed by atoms with Crippen LogP contribution in [0.1, 0.15) is 58.3 Å². The second-order valence-corrected chi connectivity index (χ2v) is 16.0. The molecule has 2 aromatic heterocycles. The van der Waals surface area contributed by atoms with Gasteiger partial charge in [-0.1, -0.05) is 55.5 Å². The van der Waals surface area contributed by atoms with E-state index in [4.69, 9.17) is 42.3 Å². The van der Waals surface area contributed by atoms with Crippen LogP contribution in [0.5, 0.6) is 11.6 Å². The smallest absolute Gasteiger partial charge is 0.415 e. The highest BCUT2D eigenvalue weighted by Gasteiger charge is 2.71. The Kier molecular flexibility index (Phi) is 15.3. The summed E-state index contributed by atoms with van der Waals surface area (Å²) in [5, 5.41) is 14.6. The SMILES string of the molecule is CC[C@H]1O[C@@]2(C)[C@H](OC(C)=O)[C@@]1(C)O[C@@H](/C=C/C=C/C=C/c1oc(=O)cc(OC)c1C)[C@@H]2OC(=O)CCC(=O)OCCOCCOc1no[n+]([O-])c1S(=O)(=O)c1ccccc1. The number of hydrogen-bond acceptors (Lipinski definition) is 18. The molecule has 1 aromatic carbocycles. The number of esters is 3. The van der Waals surface area contributed by atoms with Crippen LogP contribution in [0.3, 0.4) is 0 Å². The van der Waals surface area contributed by atoms with E-state index in [-0.39, 0.29) is 49.1 Å². The standard InChI is InChI=1S/C41H48N2O17S/c1-7-32-40(4)39(55-27(3)44)41(5,59-32)36(30(58-40)18-14-9-8-13-17-29-26(2)31(51-6)25-35(47)56-29)57-34(46)20-19-33(45)53-23-21-52-22-24-54-37-38(43(48)60-42-37)61(49,50)28-15-11-10-12-16-28/h8-18,25,30,32,36,39H,7,19-24H2,1-6H3/b9-8+,17-13+,18-14+/t30-,32+,36-,39+,40-,41+/m0/s1. The number of nitrogens with zero attached hydrogens (tertiary/aromatic N) is 2. The molecule has 19 nitrogen and oxygen atoms in total. The molecule has 0 spiro atoms. The maximum Gasteiger partial charge on any atom is 0.415 e. The lowest BCUT2D eigenvalue weighted by molar-refractivity contribution is -0.832. The van der Waals surface area contributed by atoms with Gasteiger partial charge >= 0.3 is 34.4 Å². The Morgan fingerprint density at radius 3 is 2.36 bits per heavy atom. The number of carbonyl (C=O) groups excluding carboxylic acids is 3. The van der Waals surface area contributed by atoms with Crippen LogP contribution in [0.2, 0.25) is 0 Å². The van der Waals surface area contributed by atoms with Crippen LogP contribution in [0.4, 0.5) is 0 Å². The van der Waals surface area contributed by atoms with Gasteiger partial charge in [-0.2, -0.15) is 0 Å². The van der Waals surface area contributed by atoms with E-state index >= 15 is 0 Å². The van der Waals surface area contributed by atoms with Crippen molar-refractivity contribution in [1.29, 1.82) is 0 Å². The van der Waals surface area contributed by atoms with E-state index in [1.54, 1.807) is 63.3 Å². The molecule has 0 aliphatic carbocycles. The Morgan fingerprint density at radius 2 is 1.66 bits per heavy atom. The topological polar surface area (TPSA) is 242 Å². The molecule has 2 aliphatic heterocycles. The van der Waals surface area contributed by atoms with Gasteiger partial charge in [0.15, 0.2) is 12.2 Å². The van der Waals surface area contributed by atoms with Crippen molar-refractivity contribution >= 4 is 33.8 Å². The largest absolute Gasteiger partial charge is 0.496 e. The van der Waals surface area contributed by atoms with E-state index in [9.17, 15) is 32.8 Å². The number of ether oxygens (including phenoxy) is 8.